The van der Waals surface area contributed by atoms with Crippen LogP contribution in [0.2, 0.25) is 0 Å². The molecule has 8 heteroatoms. The van der Waals surface area contributed by atoms with Gasteiger partial charge in [-0.3, -0.25) is 9.59 Å². The van der Waals surface area contributed by atoms with Crippen molar-refractivity contribution in [2.75, 3.05) is 13.2 Å². The van der Waals surface area contributed by atoms with Crippen LogP contribution in [-0.2, 0) is 14.3 Å². The maximum Gasteiger partial charge on any atom is 0.408 e. The molecule has 0 aliphatic carbocycles. The zero-order chi connectivity index (χ0) is 25.2. The zero-order valence-electron chi connectivity index (χ0n) is 20.7. The first kappa shape index (κ1) is 28.2. The molecule has 1 aromatic rings. The summed E-state index contributed by atoms with van der Waals surface area (Å²) in [5.41, 5.74) is 0.789. The van der Waals surface area contributed by atoms with Crippen LogP contribution in [0.1, 0.15) is 64.6 Å². The van der Waals surface area contributed by atoms with Gasteiger partial charge in [0.2, 0.25) is 11.8 Å². The minimum Gasteiger partial charge on any atom is -0.444 e. The van der Waals surface area contributed by atoms with E-state index < -0.39 is 36.3 Å². The lowest BCUT2D eigenvalue weighted by Gasteiger charge is -2.34. The van der Waals surface area contributed by atoms with E-state index in [4.69, 9.17) is 4.74 Å². The molecule has 0 aromatic heterocycles. The molecule has 1 aromatic carbocycles. The molecule has 3 atom stereocenters. The number of carbonyl (C=O) groups excluding carboxylic acids is 3. The minimum atomic E-state index is -1.28. The van der Waals surface area contributed by atoms with Gasteiger partial charge in [-0.15, -0.1) is 6.58 Å². The SMILES string of the molecule is C=CCN(C(=O)C(CO)NC(=O)OC(C)(C)C)C(C(=O)NC(C)CCC)c1cccc(C)c1. The highest BCUT2D eigenvalue weighted by atomic mass is 16.6. The molecule has 33 heavy (non-hydrogen) atoms. The molecule has 1 rings (SSSR count). The summed E-state index contributed by atoms with van der Waals surface area (Å²) in [4.78, 5) is 40.4. The molecule has 0 spiro atoms. The molecule has 8 nitrogen and oxygen atoms in total. The first-order valence-electron chi connectivity index (χ1n) is 11.3. The van der Waals surface area contributed by atoms with Crippen molar-refractivity contribution in [1.82, 2.24) is 15.5 Å². The van der Waals surface area contributed by atoms with Gasteiger partial charge in [-0.2, -0.15) is 0 Å². The molecular weight excluding hydrogens is 422 g/mol. The highest BCUT2D eigenvalue weighted by Gasteiger charge is 2.36. The summed E-state index contributed by atoms with van der Waals surface area (Å²) in [6.45, 7) is 14.0. The Hall–Kier alpha value is -2.87. The number of aliphatic hydroxyl groups is 1. The van der Waals surface area contributed by atoms with Crippen molar-refractivity contribution in [1.29, 1.82) is 0 Å². The maximum atomic E-state index is 13.4. The van der Waals surface area contributed by atoms with Crippen molar-refractivity contribution >= 4 is 17.9 Å². The van der Waals surface area contributed by atoms with Crippen LogP contribution < -0.4 is 10.6 Å². The average Bonchev–Trinajstić information content (AvgIpc) is 2.70. The first-order valence-corrected chi connectivity index (χ1v) is 11.3. The molecule has 0 aliphatic rings. The number of carbonyl (C=O) groups is 3. The van der Waals surface area contributed by atoms with Gasteiger partial charge in [0.05, 0.1) is 6.61 Å². The third-order valence-corrected chi connectivity index (χ3v) is 4.81. The second kappa shape index (κ2) is 13.0. The number of hydrogen-bond acceptors (Lipinski definition) is 5. The Morgan fingerprint density at radius 1 is 1.24 bits per heavy atom. The van der Waals surface area contributed by atoms with Gasteiger partial charge in [-0.05, 0) is 46.6 Å². The quantitative estimate of drug-likeness (QED) is 0.439. The summed E-state index contributed by atoms with van der Waals surface area (Å²) in [5.74, 6) is -0.959. The maximum absolute atomic E-state index is 13.4. The van der Waals surface area contributed by atoms with Crippen molar-refractivity contribution in [2.24, 2.45) is 0 Å². The normalized spacial score (nSPS) is 13.9. The van der Waals surface area contributed by atoms with Crippen LogP contribution in [0.5, 0.6) is 0 Å². The Balaban J connectivity index is 3.32. The van der Waals surface area contributed by atoms with Crippen LogP contribution in [0.4, 0.5) is 4.79 Å². The van der Waals surface area contributed by atoms with Gasteiger partial charge in [-0.25, -0.2) is 4.79 Å². The third kappa shape index (κ3) is 9.26. The fraction of sp³-hybridized carbons (Fsp3) is 0.560. The molecular formula is C25H39N3O5. The van der Waals surface area contributed by atoms with Gasteiger partial charge < -0.3 is 25.4 Å². The topological polar surface area (TPSA) is 108 Å². The fourth-order valence-electron chi connectivity index (χ4n) is 3.44. The largest absolute Gasteiger partial charge is 0.444 e. The van der Waals surface area contributed by atoms with Crippen LogP contribution in [0.25, 0.3) is 0 Å². The van der Waals surface area contributed by atoms with E-state index in [1.54, 1.807) is 26.8 Å². The number of ether oxygens (including phenoxy) is 1. The van der Waals surface area contributed by atoms with Crippen molar-refractivity contribution in [3.8, 4) is 0 Å². The van der Waals surface area contributed by atoms with Gasteiger partial charge in [0.15, 0.2) is 0 Å². The van der Waals surface area contributed by atoms with E-state index in [0.29, 0.717) is 5.56 Å². The number of nitrogens with zero attached hydrogens (tertiary/aromatic N) is 1. The second-order valence-corrected chi connectivity index (χ2v) is 9.18. The zero-order valence-corrected chi connectivity index (χ0v) is 20.7. The lowest BCUT2D eigenvalue weighted by molar-refractivity contribution is -0.142. The molecule has 3 unspecified atom stereocenters. The minimum absolute atomic E-state index is 0.0412. The van der Waals surface area contributed by atoms with E-state index >= 15 is 0 Å². The van der Waals surface area contributed by atoms with E-state index in [-0.39, 0.29) is 18.5 Å². The Morgan fingerprint density at radius 3 is 2.42 bits per heavy atom. The molecule has 0 saturated carbocycles. The molecule has 0 radical (unpaired) electrons. The summed E-state index contributed by atoms with van der Waals surface area (Å²) in [6, 6.07) is 5.01. The van der Waals surface area contributed by atoms with Crippen LogP contribution in [-0.4, -0.2) is 58.8 Å². The van der Waals surface area contributed by atoms with Gasteiger partial charge in [0.1, 0.15) is 17.7 Å². The molecule has 0 bridgehead atoms. The number of rotatable bonds is 11. The van der Waals surface area contributed by atoms with Crippen LogP contribution in [0.15, 0.2) is 36.9 Å². The highest BCUT2D eigenvalue weighted by molar-refractivity contribution is 5.92. The Bertz CT molecular complexity index is 819. The summed E-state index contributed by atoms with van der Waals surface area (Å²) >= 11 is 0. The van der Waals surface area contributed by atoms with E-state index in [9.17, 15) is 19.5 Å². The van der Waals surface area contributed by atoms with Gasteiger partial charge in [-0.1, -0.05) is 49.2 Å². The number of hydrogen-bond donors (Lipinski definition) is 3. The number of amides is 3. The Labute approximate surface area is 197 Å². The monoisotopic (exact) mass is 461 g/mol. The molecule has 0 aliphatic heterocycles. The summed E-state index contributed by atoms with van der Waals surface area (Å²) < 4.78 is 5.22. The number of aliphatic hydroxyl groups excluding tert-OH is 1. The fourth-order valence-corrected chi connectivity index (χ4v) is 3.44. The molecule has 0 fully saturated rings. The van der Waals surface area contributed by atoms with E-state index in [2.05, 4.69) is 17.2 Å². The molecule has 0 heterocycles. The number of aryl methyl sites for hydroxylation is 1. The summed E-state index contributed by atoms with van der Waals surface area (Å²) in [7, 11) is 0. The molecule has 3 amide bonds. The Morgan fingerprint density at radius 2 is 1.91 bits per heavy atom. The molecule has 3 N–H and O–H groups in total. The summed E-state index contributed by atoms with van der Waals surface area (Å²) in [6.07, 6.45) is 2.37. The van der Waals surface area contributed by atoms with E-state index in [1.807, 2.05) is 39.0 Å². The number of nitrogens with one attached hydrogen (secondary N) is 2. The van der Waals surface area contributed by atoms with Gasteiger partial charge in [0.25, 0.3) is 0 Å². The lowest BCUT2D eigenvalue weighted by atomic mass is 10.00. The Kier molecular flexibility index (Phi) is 11.1. The predicted octanol–water partition coefficient (Wildman–Crippen LogP) is 3.24. The van der Waals surface area contributed by atoms with Crippen molar-refractivity contribution in [3.05, 3.63) is 48.0 Å². The first-order chi connectivity index (χ1) is 15.4. The average molecular weight is 462 g/mol. The number of benzene rings is 1. The molecule has 0 saturated heterocycles. The van der Waals surface area contributed by atoms with Crippen molar-refractivity contribution in [3.63, 3.8) is 0 Å². The third-order valence-electron chi connectivity index (χ3n) is 4.81. The number of alkyl carbamates (subject to hydrolysis) is 1. The van der Waals surface area contributed by atoms with Crippen LogP contribution in [0.3, 0.4) is 0 Å². The predicted molar refractivity (Wildman–Crippen MR) is 129 cm³/mol. The van der Waals surface area contributed by atoms with E-state index in [1.165, 1.54) is 11.0 Å². The second-order valence-electron chi connectivity index (χ2n) is 9.18. The smallest absolute Gasteiger partial charge is 0.408 e. The van der Waals surface area contributed by atoms with E-state index in [0.717, 1.165) is 18.4 Å². The molecule has 184 valence electrons. The van der Waals surface area contributed by atoms with Gasteiger partial charge >= 0.3 is 6.09 Å². The highest BCUT2D eigenvalue weighted by Crippen LogP contribution is 2.24. The summed E-state index contributed by atoms with van der Waals surface area (Å²) in [5, 5.41) is 15.3. The standard InChI is InChI=1S/C25H39N3O5/c1-8-11-18(4)26-22(30)21(19-13-10-12-17(3)15-19)28(14-9-2)23(31)20(16-29)27-24(32)33-25(5,6)7/h9-10,12-13,15,18,20-21,29H,2,8,11,14,16H2,1,3-7H3,(H,26,30)(H,27,32). The van der Waals surface area contributed by atoms with Crippen molar-refractivity contribution in [2.45, 2.75) is 78.1 Å². The van der Waals surface area contributed by atoms with Crippen LogP contribution >= 0.6 is 0 Å². The van der Waals surface area contributed by atoms with Crippen LogP contribution in [0, 0.1) is 6.92 Å². The lowest BCUT2D eigenvalue weighted by Crippen LogP contribution is -2.54. The van der Waals surface area contributed by atoms with Gasteiger partial charge in [0, 0.05) is 12.6 Å². The van der Waals surface area contributed by atoms with Crippen molar-refractivity contribution < 1.29 is 24.2 Å².